The Bertz CT molecular complexity index is 1140. The first-order chi connectivity index (χ1) is 14.6. The molecule has 3 aromatic rings. The van der Waals surface area contributed by atoms with E-state index < -0.39 is 0 Å². The monoisotopic (exact) mass is 410 g/mol. The zero-order chi connectivity index (χ0) is 21.1. The zero-order valence-electron chi connectivity index (χ0n) is 17.3. The van der Waals surface area contributed by atoms with E-state index in [-0.39, 0.29) is 17.5 Å². The van der Waals surface area contributed by atoms with Crippen molar-refractivity contribution >= 4 is 28.4 Å². The lowest BCUT2D eigenvalue weighted by Crippen LogP contribution is -2.44. The number of ether oxygens (including phenoxy) is 1. The lowest BCUT2D eigenvalue weighted by atomic mass is 9.95. The van der Waals surface area contributed by atoms with Gasteiger partial charge in [-0.05, 0) is 31.0 Å². The number of nitrogens with two attached hydrogens (primary N) is 1. The van der Waals surface area contributed by atoms with Crippen LogP contribution in [0.5, 0.6) is 0 Å². The number of aryl methyl sites for hydroxylation is 1. The molecule has 3 N–H and O–H groups in total. The predicted octanol–water partition coefficient (Wildman–Crippen LogP) is 1.82. The van der Waals surface area contributed by atoms with Gasteiger partial charge in [-0.15, -0.1) is 0 Å². The third-order valence-electron chi connectivity index (χ3n) is 5.78. The van der Waals surface area contributed by atoms with Crippen LogP contribution in [0.2, 0.25) is 0 Å². The minimum Gasteiger partial charge on any atom is -0.385 e. The number of pyridine rings is 2. The molecule has 0 spiro atoms. The van der Waals surface area contributed by atoms with Crippen LogP contribution < -0.4 is 21.2 Å². The molecule has 1 fully saturated rings. The predicted molar refractivity (Wildman–Crippen MR) is 114 cm³/mol. The van der Waals surface area contributed by atoms with E-state index in [1.165, 1.54) is 10.8 Å². The van der Waals surface area contributed by atoms with E-state index in [9.17, 15) is 9.59 Å². The Hall–Kier alpha value is -3.00. The number of nitrogen functional groups attached to an aromatic ring is 1. The third-order valence-corrected chi connectivity index (χ3v) is 5.78. The molecule has 0 radical (unpaired) electrons. The standard InChI is InChI=1S/C22H27N5O3/c1-30-13-7-12-27-19(23)16(21(28)24-15-8-3-2-4-9-15)14-17-20(27)25-18-10-5-6-11-26(18)22(17)29/h5-6,10-11,14-15,23H,2-4,7-9,12-13H2,1H3,(H,24,28)/p+1. The summed E-state index contributed by atoms with van der Waals surface area (Å²) in [5, 5.41) is 3.48. The number of rotatable bonds is 6. The summed E-state index contributed by atoms with van der Waals surface area (Å²) in [7, 11) is 1.64. The van der Waals surface area contributed by atoms with Gasteiger partial charge in [0.2, 0.25) is 11.5 Å². The summed E-state index contributed by atoms with van der Waals surface area (Å²) in [6, 6.07) is 7.13. The number of amides is 1. The highest BCUT2D eigenvalue weighted by atomic mass is 16.5. The Morgan fingerprint density at radius 3 is 2.90 bits per heavy atom. The summed E-state index contributed by atoms with van der Waals surface area (Å²) in [5.41, 5.74) is 7.56. The minimum absolute atomic E-state index is 0.152. The molecular formula is C22H28N5O3+. The maximum Gasteiger partial charge on any atom is 0.278 e. The maximum atomic E-state index is 13.2. The molecule has 1 saturated carbocycles. The van der Waals surface area contributed by atoms with Crippen molar-refractivity contribution in [3.05, 3.63) is 46.4 Å². The van der Waals surface area contributed by atoms with Gasteiger partial charge < -0.3 is 15.8 Å². The number of hydrogen-bond acceptors (Lipinski definition) is 5. The summed E-state index contributed by atoms with van der Waals surface area (Å²) in [6.07, 6.45) is 7.75. The van der Waals surface area contributed by atoms with Crippen LogP contribution in [-0.2, 0) is 11.3 Å². The Morgan fingerprint density at radius 1 is 1.33 bits per heavy atom. The number of carbonyl (C=O) groups is 1. The van der Waals surface area contributed by atoms with Crippen molar-refractivity contribution in [2.75, 3.05) is 19.5 Å². The van der Waals surface area contributed by atoms with Crippen LogP contribution in [0.4, 0.5) is 5.82 Å². The summed E-state index contributed by atoms with van der Waals surface area (Å²) in [5.74, 6) is 0.0819. The molecular weight excluding hydrogens is 382 g/mol. The van der Waals surface area contributed by atoms with E-state index in [1.54, 1.807) is 36.1 Å². The zero-order valence-corrected chi connectivity index (χ0v) is 17.3. The Kier molecular flexibility index (Phi) is 5.94. The molecule has 0 aromatic carbocycles. The van der Waals surface area contributed by atoms with E-state index in [0.29, 0.717) is 47.6 Å². The molecule has 8 nitrogen and oxygen atoms in total. The van der Waals surface area contributed by atoms with Gasteiger partial charge in [-0.25, -0.2) is 4.57 Å². The van der Waals surface area contributed by atoms with Crippen molar-refractivity contribution in [3.8, 4) is 0 Å². The second-order valence-electron chi connectivity index (χ2n) is 7.83. The van der Waals surface area contributed by atoms with Crippen LogP contribution in [0, 0.1) is 0 Å². The topological polar surface area (TPSA) is 103 Å². The summed E-state index contributed by atoms with van der Waals surface area (Å²) < 4.78 is 8.42. The highest BCUT2D eigenvalue weighted by molar-refractivity contribution is 6.00. The number of nitrogens with one attached hydrogen (secondary N) is 1. The fourth-order valence-corrected chi connectivity index (χ4v) is 4.19. The second-order valence-corrected chi connectivity index (χ2v) is 7.83. The molecule has 158 valence electrons. The molecule has 1 aliphatic rings. The van der Waals surface area contributed by atoms with Crippen LogP contribution in [0.1, 0.15) is 48.9 Å². The van der Waals surface area contributed by atoms with E-state index in [1.807, 2.05) is 6.07 Å². The molecule has 1 amide bonds. The van der Waals surface area contributed by atoms with Crippen molar-refractivity contribution in [1.82, 2.24) is 14.7 Å². The van der Waals surface area contributed by atoms with E-state index >= 15 is 0 Å². The Morgan fingerprint density at radius 2 is 2.13 bits per heavy atom. The van der Waals surface area contributed by atoms with Gasteiger partial charge in [0, 0.05) is 32.4 Å². The van der Waals surface area contributed by atoms with Gasteiger partial charge in [-0.3, -0.25) is 14.0 Å². The van der Waals surface area contributed by atoms with Gasteiger partial charge in [-0.2, -0.15) is 0 Å². The third kappa shape index (κ3) is 3.87. The Labute approximate surface area is 174 Å². The lowest BCUT2D eigenvalue weighted by molar-refractivity contribution is -0.659. The first-order valence-corrected chi connectivity index (χ1v) is 10.5. The SMILES string of the molecule is COCCC[n+]1c(N)c(C(=O)NC2CCCCC2)cc2c(=O)n3ccccc3nc21. The average Bonchev–Trinajstić information content (AvgIpc) is 2.76. The molecule has 0 saturated heterocycles. The molecule has 3 aromatic heterocycles. The first-order valence-electron chi connectivity index (χ1n) is 10.5. The quantitative estimate of drug-likeness (QED) is 0.367. The van der Waals surface area contributed by atoms with E-state index in [0.717, 1.165) is 25.7 Å². The van der Waals surface area contributed by atoms with Gasteiger partial charge >= 0.3 is 0 Å². The smallest absolute Gasteiger partial charge is 0.278 e. The number of nitrogens with zero attached hydrogens (tertiary/aromatic N) is 3. The van der Waals surface area contributed by atoms with Crippen LogP contribution >= 0.6 is 0 Å². The van der Waals surface area contributed by atoms with Gasteiger partial charge in [0.05, 0.1) is 6.54 Å². The van der Waals surface area contributed by atoms with Crippen molar-refractivity contribution in [1.29, 1.82) is 0 Å². The van der Waals surface area contributed by atoms with Crippen molar-refractivity contribution in [3.63, 3.8) is 0 Å². The van der Waals surface area contributed by atoms with Crippen LogP contribution in [-0.4, -0.2) is 35.1 Å². The average molecular weight is 410 g/mol. The summed E-state index contributed by atoms with van der Waals surface area (Å²) in [6.45, 7) is 1.04. The van der Waals surface area contributed by atoms with E-state index in [4.69, 9.17) is 10.5 Å². The number of carbonyl (C=O) groups excluding carboxylic acids is 1. The van der Waals surface area contributed by atoms with Crippen LogP contribution in [0.3, 0.4) is 0 Å². The lowest BCUT2D eigenvalue weighted by Gasteiger charge is -2.23. The van der Waals surface area contributed by atoms with Crippen molar-refractivity contribution < 1.29 is 14.1 Å². The molecule has 3 heterocycles. The number of anilines is 1. The Balaban J connectivity index is 1.84. The summed E-state index contributed by atoms with van der Waals surface area (Å²) >= 11 is 0. The largest absolute Gasteiger partial charge is 0.385 e. The summed E-state index contributed by atoms with van der Waals surface area (Å²) in [4.78, 5) is 30.9. The highest BCUT2D eigenvalue weighted by Gasteiger charge is 2.26. The van der Waals surface area contributed by atoms with Crippen LogP contribution in [0.15, 0.2) is 35.3 Å². The minimum atomic E-state index is -0.237. The maximum absolute atomic E-state index is 13.2. The van der Waals surface area contributed by atoms with E-state index in [2.05, 4.69) is 10.3 Å². The van der Waals surface area contributed by atoms with Gasteiger partial charge in [0.1, 0.15) is 10.9 Å². The number of methoxy groups -OCH3 is 1. The number of hydrogen-bond donors (Lipinski definition) is 2. The molecule has 30 heavy (non-hydrogen) atoms. The number of aromatic nitrogens is 3. The van der Waals surface area contributed by atoms with Crippen LogP contribution in [0.25, 0.3) is 16.7 Å². The first kappa shape index (κ1) is 20.3. The normalized spacial score (nSPS) is 15.0. The molecule has 8 heteroatoms. The molecule has 0 unspecified atom stereocenters. The van der Waals surface area contributed by atoms with Gasteiger partial charge in [0.15, 0.2) is 0 Å². The second kappa shape index (κ2) is 8.79. The fourth-order valence-electron chi connectivity index (χ4n) is 4.19. The van der Waals surface area contributed by atoms with Crippen molar-refractivity contribution in [2.24, 2.45) is 0 Å². The fraction of sp³-hybridized carbons (Fsp3) is 0.455. The molecule has 0 atom stereocenters. The highest BCUT2D eigenvalue weighted by Crippen LogP contribution is 2.19. The molecule has 1 aliphatic carbocycles. The van der Waals surface area contributed by atoms with Gasteiger partial charge in [0.25, 0.3) is 17.1 Å². The number of fused-ring (bicyclic) bond motifs is 2. The van der Waals surface area contributed by atoms with Gasteiger partial charge in [-0.1, -0.05) is 30.3 Å². The molecule has 0 aliphatic heterocycles. The molecule has 4 rings (SSSR count). The molecule has 0 bridgehead atoms. The van der Waals surface area contributed by atoms with Crippen molar-refractivity contribution in [2.45, 2.75) is 51.1 Å².